The Kier molecular flexibility index (Phi) is 3.82. The molecule has 0 aliphatic heterocycles. The Morgan fingerprint density at radius 1 is 1.44 bits per heavy atom. The van der Waals surface area contributed by atoms with Gasteiger partial charge in [-0.1, -0.05) is 0 Å². The molecule has 1 aromatic rings. The number of hydrogen-bond donors (Lipinski definition) is 3. The van der Waals surface area contributed by atoms with E-state index in [4.69, 9.17) is 10.2 Å². The van der Waals surface area contributed by atoms with Gasteiger partial charge < -0.3 is 15.5 Å². The topological polar surface area (TPSA) is 130 Å². The highest BCUT2D eigenvalue weighted by atomic mass is 16.6. The first-order valence-electron chi connectivity index (χ1n) is 4.84. The Bertz CT molecular complexity index is 513. The van der Waals surface area contributed by atoms with E-state index >= 15 is 0 Å². The van der Waals surface area contributed by atoms with E-state index in [1.165, 1.54) is 0 Å². The van der Waals surface area contributed by atoms with E-state index in [0.29, 0.717) is 0 Å². The number of phenols is 1. The largest absolute Gasteiger partial charge is 0.508 e. The lowest BCUT2D eigenvalue weighted by atomic mass is 10.1. The number of nitrogens with one attached hydrogen (secondary N) is 1. The molecule has 0 aliphatic rings. The van der Waals surface area contributed by atoms with E-state index in [2.05, 4.69) is 5.32 Å². The predicted octanol–water partition coefficient (Wildman–Crippen LogP) is 0.960. The number of nitro groups is 1. The molecule has 1 unspecified atom stereocenters. The van der Waals surface area contributed by atoms with Gasteiger partial charge in [-0.3, -0.25) is 19.7 Å². The SMILES string of the molecule is CC(C(=O)O)C(=O)Nc1ccc(O)cc1[N+](=O)[O-]. The lowest BCUT2D eigenvalue weighted by Crippen LogP contribution is -2.27. The van der Waals surface area contributed by atoms with Gasteiger partial charge in [-0.15, -0.1) is 0 Å². The highest BCUT2D eigenvalue weighted by Crippen LogP contribution is 2.28. The Hall–Kier alpha value is -2.64. The summed E-state index contributed by atoms with van der Waals surface area (Å²) in [6.45, 7) is 1.16. The second-order valence-corrected chi connectivity index (χ2v) is 3.51. The standard InChI is InChI=1S/C10H10N2O6/c1-5(10(15)16)9(14)11-7-3-2-6(13)4-8(7)12(17)18/h2-5,13H,1H3,(H,11,14)(H,15,16). The third kappa shape index (κ3) is 2.94. The quantitative estimate of drug-likeness (QED) is 0.317. The monoisotopic (exact) mass is 254 g/mol. The van der Waals surface area contributed by atoms with E-state index < -0.39 is 28.4 Å². The van der Waals surface area contributed by atoms with E-state index in [1.54, 1.807) is 0 Å². The number of rotatable bonds is 4. The Morgan fingerprint density at radius 3 is 2.56 bits per heavy atom. The first-order chi connectivity index (χ1) is 8.32. The van der Waals surface area contributed by atoms with Gasteiger partial charge in [0.05, 0.1) is 11.0 Å². The summed E-state index contributed by atoms with van der Waals surface area (Å²) >= 11 is 0. The summed E-state index contributed by atoms with van der Waals surface area (Å²) in [6, 6.07) is 3.13. The Morgan fingerprint density at radius 2 is 2.06 bits per heavy atom. The second-order valence-electron chi connectivity index (χ2n) is 3.51. The van der Waals surface area contributed by atoms with Crippen LogP contribution < -0.4 is 5.32 Å². The van der Waals surface area contributed by atoms with E-state index in [9.17, 15) is 19.7 Å². The van der Waals surface area contributed by atoms with Gasteiger partial charge in [0.25, 0.3) is 5.69 Å². The normalized spacial score (nSPS) is 11.6. The van der Waals surface area contributed by atoms with Crippen molar-refractivity contribution in [1.82, 2.24) is 0 Å². The number of anilines is 1. The summed E-state index contributed by atoms with van der Waals surface area (Å²) in [5.74, 6) is -3.88. The number of phenolic OH excluding ortho intramolecular Hbond substituents is 1. The number of aliphatic carboxylic acids is 1. The van der Waals surface area contributed by atoms with Crippen LogP contribution in [0.15, 0.2) is 18.2 Å². The van der Waals surface area contributed by atoms with Crippen LogP contribution in [0.4, 0.5) is 11.4 Å². The van der Waals surface area contributed by atoms with Crippen molar-refractivity contribution in [3.63, 3.8) is 0 Å². The highest BCUT2D eigenvalue weighted by molar-refractivity contribution is 6.04. The molecule has 1 rings (SSSR count). The van der Waals surface area contributed by atoms with Gasteiger partial charge in [0.2, 0.25) is 5.91 Å². The van der Waals surface area contributed by atoms with Crippen molar-refractivity contribution < 1.29 is 24.7 Å². The highest BCUT2D eigenvalue weighted by Gasteiger charge is 2.23. The average molecular weight is 254 g/mol. The zero-order valence-electron chi connectivity index (χ0n) is 9.28. The molecule has 0 saturated heterocycles. The van der Waals surface area contributed by atoms with Gasteiger partial charge in [0.15, 0.2) is 0 Å². The van der Waals surface area contributed by atoms with Crippen LogP contribution in [0.3, 0.4) is 0 Å². The molecular formula is C10H10N2O6. The van der Waals surface area contributed by atoms with Crippen LogP contribution in [0.5, 0.6) is 5.75 Å². The number of carbonyl (C=O) groups is 2. The number of carbonyl (C=O) groups excluding carboxylic acids is 1. The lowest BCUT2D eigenvalue weighted by Gasteiger charge is -2.08. The van der Waals surface area contributed by atoms with E-state index in [-0.39, 0.29) is 11.4 Å². The number of benzene rings is 1. The van der Waals surface area contributed by atoms with Crippen LogP contribution >= 0.6 is 0 Å². The number of aromatic hydroxyl groups is 1. The molecule has 0 saturated carbocycles. The lowest BCUT2D eigenvalue weighted by molar-refractivity contribution is -0.384. The second kappa shape index (κ2) is 5.13. The molecule has 0 fully saturated rings. The van der Waals surface area contributed by atoms with E-state index in [0.717, 1.165) is 25.1 Å². The van der Waals surface area contributed by atoms with Gasteiger partial charge in [-0.25, -0.2) is 0 Å². The maximum atomic E-state index is 11.4. The third-order valence-electron chi connectivity index (χ3n) is 2.20. The van der Waals surface area contributed by atoms with Crippen molar-refractivity contribution in [3.8, 4) is 5.75 Å². The van der Waals surface area contributed by atoms with Crippen LogP contribution in [0, 0.1) is 16.0 Å². The maximum Gasteiger partial charge on any atom is 0.315 e. The van der Waals surface area contributed by atoms with Crippen molar-refractivity contribution in [2.45, 2.75) is 6.92 Å². The number of nitrogens with zero attached hydrogens (tertiary/aromatic N) is 1. The minimum atomic E-state index is -1.34. The summed E-state index contributed by atoms with van der Waals surface area (Å²) < 4.78 is 0. The predicted molar refractivity (Wildman–Crippen MR) is 60.2 cm³/mol. The van der Waals surface area contributed by atoms with Crippen LogP contribution in [0.25, 0.3) is 0 Å². The molecule has 1 amide bonds. The number of carboxylic acids is 1. The van der Waals surface area contributed by atoms with Gasteiger partial charge in [0, 0.05) is 0 Å². The van der Waals surface area contributed by atoms with Gasteiger partial charge in [0.1, 0.15) is 17.4 Å². The molecular weight excluding hydrogens is 244 g/mol. The van der Waals surface area contributed by atoms with Crippen molar-refractivity contribution >= 4 is 23.3 Å². The van der Waals surface area contributed by atoms with Gasteiger partial charge in [-0.2, -0.15) is 0 Å². The zero-order chi connectivity index (χ0) is 13.9. The number of nitro benzene ring substituents is 1. The fourth-order valence-corrected chi connectivity index (χ4v) is 1.13. The first kappa shape index (κ1) is 13.4. The minimum Gasteiger partial charge on any atom is -0.508 e. The fourth-order valence-electron chi connectivity index (χ4n) is 1.13. The first-order valence-corrected chi connectivity index (χ1v) is 4.84. The molecule has 96 valence electrons. The van der Waals surface area contributed by atoms with Gasteiger partial charge in [-0.05, 0) is 19.1 Å². The molecule has 1 atom stereocenters. The van der Waals surface area contributed by atoms with Crippen molar-refractivity contribution in [2.24, 2.45) is 5.92 Å². The smallest absolute Gasteiger partial charge is 0.315 e. The van der Waals surface area contributed by atoms with E-state index in [1.807, 2.05) is 0 Å². The molecule has 0 radical (unpaired) electrons. The zero-order valence-corrected chi connectivity index (χ0v) is 9.28. The van der Waals surface area contributed by atoms with Crippen molar-refractivity contribution in [2.75, 3.05) is 5.32 Å². The van der Waals surface area contributed by atoms with Crippen LogP contribution in [-0.2, 0) is 9.59 Å². The molecule has 0 heterocycles. The third-order valence-corrected chi connectivity index (χ3v) is 2.20. The molecule has 0 aromatic heterocycles. The summed E-state index contributed by atoms with van der Waals surface area (Å²) in [6.07, 6.45) is 0. The van der Waals surface area contributed by atoms with Gasteiger partial charge >= 0.3 is 5.97 Å². The summed E-state index contributed by atoms with van der Waals surface area (Å²) in [4.78, 5) is 31.9. The Labute approximate surface area is 101 Å². The minimum absolute atomic E-state index is 0.170. The summed E-state index contributed by atoms with van der Waals surface area (Å²) in [5.41, 5.74) is -0.683. The molecule has 0 spiro atoms. The Balaban J connectivity index is 3.01. The van der Waals surface area contributed by atoms with Crippen LogP contribution in [0.1, 0.15) is 6.92 Å². The molecule has 3 N–H and O–H groups in total. The van der Waals surface area contributed by atoms with Crippen molar-refractivity contribution in [3.05, 3.63) is 28.3 Å². The van der Waals surface area contributed by atoms with Crippen LogP contribution in [-0.4, -0.2) is 27.0 Å². The number of hydrogen-bond acceptors (Lipinski definition) is 5. The average Bonchev–Trinajstić information content (AvgIpc) is 2.29. The number of amides is 1. The maximum absolute atomic E-state index is 11.4. The molecule has 8 heteroatoms. The molecule has 1 aromatic carbocycles. The summed E-state index contributed by atoms with van der Waals surface area (Å²) in [5, 5.41) is 30.5. The number of carboxylic acid groups (broad SMARTS) is 1. The fraction of sp³-hybridized carbons (Fsp3) is 0.200. The van der Waals surface area contributed by atoms with Crippen LogP contribution in [0.2, 0.25) is 0 Å². The molecule has 0 bridgehead atoms. The molecule has 0 aliphatic carbocycles. The molecule has 18 heavy (non-hydrogen) atoms. The van der Waals surface area contributed by atoms with Crippen molar-refractivity contribution in [1.29, 1.82) is 0 Å². The summed E-state index contributed by atoms with van der Waals surface area (Å²) in [7, 11) is 0. The molecule has 8 nitrogen and oxygen atoms in total.